The van der Waals surface area contributed by atoms with Gasteiger partial charge in [0, 0.05) is 6.21 Å². The smallest absolute Gasteiger partial charge is 0.251 e. The van der Waals surface area contributed by atoms with Crippen LogP contribution in [-0.2, 0) is 16.1 Å². The number of aliphatic imine (C=N–C) groups is 1. The van der Waals surface area contributed by atoms with Crippen LogP contribution in [0.25, 0.3) is 0 Å². The second kappa shape index (κ2) is 7.49. The van der Waals surface area contributed by atoms with Crippen LogP contribution in [0.15, 0.2) is 53.5 Å². The summed E-state index contributed by atoms with van der Waals surface area (Å²) in [7, 11) is 0. The highest BCUT2D eigenvalue weighted by Gasteiger charge is 2.38. The highest BCUT2D eigenvalue weighted by atomic mass is 32.1. The summed E-state index contributed by atoms with van der Waals surface area (Å²) in [6, 6.07) is 10.9. The zero-order chi connectivity index (χ0) is 18.7. The van der Waals surface area contributed by atoms with Crippen LogP contribution in [0.1, 0.15) is 5.56 Å². The second-order valence-corrected chi connectivity index (χ2v) is 5.93. The number of carbonyl (C=O) groups is 2. The van der Waals surface area contributed by atoms with Crippen LogP contribution in [0.5, 0.6) is 0 Å². The van der Waals surface area contributed by atoms with Gasteiger partial charge < -0.3 is 5.32 Å². The van der Waals surface area contributed by atoms with E-state index in [0.29, 0.717) is 5.69 Å². The van der Waals surface area contributed by atoms with Gasteiger partial charge in [-0.3, -0.25) is 19.5 Å². The molecule has 2 amide bonds. The first kappa shape index (κ1) is 17.8. The molecule has 0 aromatic heterocycles. The standard InChI is InChI=1S/C18H13F2N3O2S/c19-12-3-1-11(2-4-12)9-21-10-15-16(24)22-18(26)23(17(15)25)14-7-5-13(20)6-8-14/h1-8,10,15H,9H2,(H,22,24,26). The van der Waals surface area contributed by atoms with E-state index < -0.39 is 23.5 Å². The minimum absolute atomic E-state index is 0.0743. The van der Waals surface area contributed by atoms with Gasteiger partial charge in [-0.25, -0.2) is 8.78 Å². The largest absolute Gasteiger partial charge is 0.301 e. The molecule has 1 fully saturated rings. The molecule has 1 atom stereocenters. The summed E-state index contributed by atoms with van der Waals surface area (Å²) in [6.45, 7) is 0.193. The van der Waals surface area contributed by atoms with Crippen LogP contribution in [0.4, 0.5) is 14.5 Å². The van der Waals surface area contributed by atoms with E-state index in [0.717, 1.165) is 10.5 Å². The van der Waals surface area contributed by atoms with Crippen LogP contribution in [-0.4, -0.2) is 23.1 Å². The van der Waals surface area contributed by atoms with Crippen molar-refractivity contribution in [3.05, 3.63) is 65.7 Å². The molecule has 1 heterocycles. The Labute approximate surface area is 153 Å². The molecule has 26 heavy (non-hydrogen) atoms. The van der Waals surface area contributed by atoms with Crippen molar-refractivity contribution < 1.29 is 18.4 Å². The molecule has 2 aromatic carbocycles. The fourth-order valence-corrected chi connectivity index (χ4v) is 2.71. The van der Waals surface area contributed by atoms with Crippen molar-refractivity contribution >= 4 is 41.0 Å². The molecule has 2 aromatic rings. The van der Waals surface area contributed by atoms with E-state index in [2.05, 4.69) is 10.3 Å². The molecule has 0 saturated carbocycles. The number of hydrogen-bond donors (Lipinski definition) is 1. The minimum atomic E-state index is -1.16. The lowest BCUT2D eigenvalue weighted by molar-refractivity contribution is -0.130. The van der Waals surface area contributed by atoms with Gasteiger partial charge in [0.15, 0.2) is 11.0 Å². The maximum absolute atomic E-state index is 13.1. The van der Waals surface area contributed by atoms with Crippen molar-refractivity contribution in [3.63, 3.8) is 0 Å². The number of anilines is 1. The molecular formula is C18H13F2N3O2S. The summed E-state index contributed by atoms with van der Waals surface area (Å²) in [5.41, 5.74) is 1.08. The molecule has 0 radical (unpaired) electrons. The molecule has 0 aliphatic carbocycles. The Hall–Kier alpha value is -3.00. The summed E-state index contributed by atoms with van der Waals surface area (Å²) in [6.07, 6.45) is 1.24. The quantitative estimate of drug-likeness (QED) is 0.509. The maximum Gasteiger partial charge on any atom is 0.251 e. The third-order valence-corrected chi connectivity index (χ3v) is 4.01. The van der Waals surface area contributed by atoms with E-state index in [1.165, 1.54) is 42.6 Å². The van der Waals surface area contributed by atoms with Crippen molar-refractivity contribution in [2.24, 2.45) is 10.9 Å². The average molecular weight is 373 g/mol. The number of halogens is 2. The zero-order valence-corrected chi connectivity index (χ0v) is 14.2. The van der Waals surface area contributed by atoms with Crippen LogP contribution in [0.3, 0.4) is 0 Å². The lowest BCUT2D eigenvalue weighted by atomic mass is 10.1. The predicted octanol–water partition coefficient (Wildman–Crippen LogP) is 2.60. The molecular weight excluding hydrogens is 360 g/mol. The fraction of sp³-hybridized carbons (Fsp3) is 0.111. The van der Waals surface area contributed by atoms with Gasteiger partial charge in [0.1, 0.15) is 11.6 Å². The number of benzene rings is 2. The number of nitrogens with zero attached hydrogens (tertiary/aromatic N) is 2. The number of carbonyl (C=O) groups excluding carboxylic acids is 2. The Morgan fingerprint density at radius 1 is 1.04 bits per heavy atom. The molecule has 1 aliphatic rings. The summed E-state index contributed by atoms with van der Waals surface area (Å²) >= 11 is 5.05. The first-order chi connectivity index (χ1) is 12.5. The van der Waals surface area contributed by atoms with Crippen molar-refractivity contribution in [2.75, 3.05) is 4.90 Å². The van der Waals surface area contributed by atoms with Gasteiger partial charge in [0.2, 0.25) is 5.91 Å². The Kier molecular flexibility index (Phi) is 5.13. The summed E-state index contributed by atoms with van der Waals surface area (Å²) in [5, 5.41) is 2.37. The van der Waals surface area contributed by atoms with Gasteiger partial charge in [-0.15, -0.1) is 0 Å². The molecule has 8 heteroatoms. The molecule has 1 unspecified atom stereocenters. The molecule has 0 spiro atoms. The summed E-state index contributed by atoms with van der Waals surface area (Å²) < 4.78 is 26.0. The van der Waals surface area contributed by atoms with E-state index >= 15 is 0 Å². The Morgan fingerprint density at radius 2 is 1.62 bits per heavy atom. The lowest BCUT2D eigenvalue weighted by Crippen LogP contribution is -2.58. The number of amides is 2. The van der Waals surface area contributed by atoms with Crippen LogP contribution in [0.2, 0.25) is 0 Å². The van der Waals surface area contributed by atoms with Crippen LogP contribution < -0.4 is 10.2 Å². The SMILES string of the molecule is O=C1NC(=S)N(c2ccc(F)cc2)C(=O)C1C=NCc1ccc(F)cc1. The molecule has 132 valence electrons. The summed E-state index contributed by atoms with van der Waals surface area (Å²) in [4.78, 5) is 30.0. The average Bonchev–Trinajstić information content (AvgIpc) is 2.61. The van der Waals surface area contributed by atoms with Gasteiger partial charge >= 0.3 is 0 Å². The first-order valence-electron chi connectivity index (χ1n) is 7.64. The maximum atomic E-state index is 13.1. The number of rotatable bonds is 4. The molecule has 3 rings (SSSR count). The third kappa shape index (κ3) is 3.80. The fourth-order valence-electron chi connectivity index (χ4n) is 2.41. The topological polar surface area (TPSA) is 61.8 Å². The van der Waals surface area contributed by atoms with Crippen LogP contribution in [0, 0.1) is 17.6 Å². The third-order valence-electron chi connectivity index (χ3n) is 3.73. The normalized spacial score (nSPS) is 17.7. The van der Waals surface area contributed by atoms with Gasteiger partial charge in [-0.2, -0.15) is 0 Å². The summed E-state index contributed by atoms with van der Waals surface area (Å²) in [5.74, 6) is -3.13. The van der Waals surface area contributed by atoms with Crippen molar-refractivity contribution in [1.29, 1.82) is 0 Å². The number of thiocarbonyl (C=S) groups is 1. The number of hydrogen-bond acceptors (Lipinski definition) is 4. The minimum Gasteiger partial charge on any atom is -0.301 e. The number of nitrogens with one attached hydrogen (secondary N) is 1. The molecule has 1 saturated heterocycles. The van der Waals surface area contributed by atoms with Crippen molar-refractivity contribution in [2.45, 2.75) is 6.54 Å². The molecule has 1 aliphatic heterocycles. The van der Waals surface area contributed by atoms with E-state index in [1.54, 1.807) is 12.1 Å². The molecule has 1 N–H and O–H groups in total. The van der Waals surface area contributed by atoms with E-state index in [9.17, 15) is 18.4 Å². The zero-order valence-electron chi connectivity index (χ0n) is 13.4. The van der Waals surface area contributed by atoms with Crippen molar-refractivity contribution in [1.82, 2.24) is 5.32 Å². The highest BCUT2D eigenvalue weighted by Crippen LogP contribution is 2.20. The van der Waals surface area contributed by atoms with Gasteiger partial charge in [-0.1, -0.05) is 12.1 Å². The molecule has 5 nitrogen and oxygen atoms in total. The van der Waals surface area contributed by atoms with E-state index in [1.807, 2.05) is 0 Å². The van der Waals surface area contributed by atoms with Gasteiger partial charge in [0.25, 0.3) is 5.91 Å². The van der Waals surface area contributed by atoms with E-state index in [-0.39, 0.29) is 17.5 Å². The van der Waals surface area contributed by atoms with E-state index in [4.69, 9.17) is 12.2 Å². The predicted molar refractivity (Wildman–Crippen MR) is 96.7 cm³/mol. The second-order valence-electron chi connectivity index (χ2n) is 5.54. The first-order valence-corrected chi connectivity index (χ1v) is 8.05. The van der Waals surface area contributed by atoms with Gasteiger partial charge in [-0.05, 0) is 54.2 Å². The van der Waals surface area contributed by atoms with Gasteiger partial charge in [0.05, 0.1) is 12.2 Å². The monoisotopic (exact) mass is 373 g/mol. The Balaban J connectivity index is 1.77. The lowest BCUT2D eigenvalue weighted by Gasteiger charge is -2.30. The van der Waals surface area contributed by atoms with Crippen LogP contribution >= 0.6 is 12.2 Å². The Bertz CT molecular complexity index is 882. The van der Waals surface area contributed by atoms with Crippen molar-refractivity contribution in [3.8, 4) is 0 Å². The highest BCUT2D eigenvalue weighted by molar-refractivity contribution is 7.80. The molecule has 0 bridgehead atoms. The Morgan fingerprint density at radius 3 is 2.23 bits per heavy atom.